The van der Waals surface area contributed by atoms with Gasteiger partial charge in [0.25, 0.3) is 5.56 Å². The number of furan rings is 1. The van der Waals surface area contributed by atoms with Gasteiger partial charge in [-0.1, -0.05) is 17.7 Å². The first kappa shape index (κ1) is 12.4. The molecule has 2 aromatic rings. The Bertz CT molecular complexity index is 590. The SMILES string of the molecule is C=CCn1ncc(NCc2ccoc2)c(Cl)c1=O. The van der Waals surface area contributed by atoms with Crippen LogP contribution in [0.25, 0.3) is 0 Å². The largest absolute Gasteiger partial charge is 0.472 e. The predicted molar refractivity (Wildman–Crippen MR) is 69.7 cm³/mol. The molecule has 0 aromatic carbocycles. The quantitative estimate of drug-likeness (QED) is 0.843. The molecule has 0 aliphatic heterocycles. The van der Waals surface area contributed by atoms with Crippen molar-refractivity contribution in [3.63, 3.8) is 0 Å². The van der Waals surface area contributed by atoms with Gasteiger partial charge in [-0.3, -0.25) is 4.79 Å². The first-order chi connectivity index (χ1) is 8.72. The molecule has 0 spiro atoms. The number of nitrogens with zero attached hydrogens (tertiary/aromatic N) is 2. The van der Waals surface area contributed by atoms with Gasteiger partial charge in [0.1, 0.15) is 5.02 Å². The minimum atomic E-state index is -0.339. The molecular formula is C12H12ClN3O2. The van der Waals surface area contributed by atoms with Crippen LogP contribution in [0.1, 0.15) is 5.56 Å². The van der Waals surface area contributed by atoms with E-state index in [9.17, 15) is 4.79 Å². The average Bonchev–Trinajstić information content (AvgIpc) is 2.87. The predicted octanol–water partition coefficient (Wildman–Crippen LogP) is 2.29. The van der Waals surface area contributed by atoms with Crippen LogP contribution in [-0.4, -0.2) is 9.78 Å². The lowest BCUT2D eigenvalue weighted by molar-refractivity contribution is 0.564. The summed E-state index contributed by atoms with van der Waals surface area (Å²) in [6.45, 7) is 4.40. The number of allylic oxidation sites excluding steroid dienone is 1. The molecule has 2 aromatic heterocycles. The number of halogens is 1. The van der Waals surface area contributed by atoms with E-state index in [1.54, 1.807) is 18.6 Å². The number of hydrogen-bond donors (Lipinski definition) is 1. The zero-order chi connectivity index (χ0) is 13.0. The van der Waals surface area contributed by atoms with E-state index in [1.165, 1.54) is 10.9 Å². The molecule has 5 nitrogen and oxygen atoms in total. The highest BCUT2D eigenvalue weighted by Gasteiger charge is 2.08. The molecule has 2 heterocycles. The van der Waals surface area contributed by atoms with Crippen molar-refractivity contribution in [2.24, 2.45) is 0 Å². The van der Waals surface area contributed by atoms with E-state index < -0.39 is 0 Å². The monoisotopic (exact) mass is 265 g/mol. The third-order valence-electron chi connectivity index (χ3n) is 2.35. The summed E-state index contributed by atoms with van der Waals surface area (Å²) in [5.74, 6) is 0. The molecule has 94 valence electrons. The average molecular weight is 266 g/mol. The number of aromatic nitrogens is 2. The molecule has 1 N–H and O–H groups in total. The van der Waals surface area contributed by atoms with Crippen molar-refractivity contribution in [1.29, 1.82) is 0 Å². The fourth-order valence-electron chi connectivity index (χ4n) is 1.43. The first-order valence-corrected chi connectivity index (χ1v) is 5.71. The van der Waals surface area contributed by atoms with Gasteiger partial charge < -0.3 is 9.73 Å². The Hall–Kier alpha value is -2.01. The molecule has 0 atom stereocenters. The fraction of sp³-hybridized carbons (Fsp3) is 0.167. The lowest BCUT2D eigenvalue weighted by atomic mass is 10.3. The van der Waals surface area contributed by atoms with E-state index >= 15 is 0 Å². The maximum Gasteiger partial charge on any atom is 0.287 e. The molecule has 18 heavy (non-hydrogen) atoms. The summed E-state index contributed by atoms with van der Waals surface area (Å²) in [6, 6.07) is 1.83. The van der Waals surface area contributed by atoms with Gasteiger partial charge in [-0.25, -0.2) is 4.68 Å². The normalized spacial score (nSPS) is 10.3. The maximum atomic E-state index is 11.8. The summed E-state index contributed by atoms with van der Waals surface area (Å²) in [7, 11) is 0. The molecule has 0 unspecified atom stereocenters. The van der Waals surface area contributed by atoms with Crippen molar-refractivity contribution in [2.75, 3.05) is 5.32 Å². The lowest BCUT2D eigenvalue weighted by Crippen LogP contribution is -2.23. The first-order valence-electron chi connectivity index (χ1n) is 5.34. The zero-order valence-electron chi connectivity index (χ0n) is 9.60. The van der Waals surface area contributed by atoms with Gasteiger partial charge in [0.05, 0.1) is 31.0 Å². The van der Waals surface area contributed by atoms with Crippen molar-refractivity contribution >= 4 is 17.3 Å². The molecule has 0 aliphatic rings. The number of anilines is 1. The molecule has 6 heteroatoms. The topological polar surface area (TPSA) is 60.1 Å². The summed E-state index contributed by atoms with van der Waals surface area (Å²) in [6.07, 6.45) is 6.31. The van der Waals surface area contributed by atoms with E-state index in [1.807, 2.05) is 6.07 Å². The van der Waals surface area contributed by atoms with E-state index in [-0.39, 0.29) is 10.6 Å². The van der Waals surface area contributed by atoms with Crippen LogP contribution in [0, 0.1) is 0 Å². The number of hydrogen-bond acceptors (Lipinski definition) is 4. The standard InChI is InChI=1S/C12H12ClN3O2/c1-2-4-16-12(17)11(13)10(7-15-16)14-6-9-3-5-18-8-9/h2-3,5,7-8,14H,1,4,6H2. The summed E-state index contributed by atoms with van der Waals surface area (Å²) in [5.41, 5.74) is 1.12. The van der Waals surface area contributed by atoms with Gasteiger partial charge in [-0.2, -0.15) is 5.10 Å². The summed E-state index contributed by atoms with van der Waals surface area (Å²) in [4.78, 5) is 11.8. The minimum Gasteiger partial charge on any atom is -0.472 e. The highest BCUT2D eigenvalue weighted by Crippen LogP contribution is 2.16. The van der Waals surface area contributed by atoms with E-state index in [0.717, 1.165) is 5.56 Å². The molecule has 0 bridgehead atoms. The molecule has 0 fully saturated rings. The molecule has 0 saturated heterocycles. The second-order valence-corrected chi connectivity index (χ2v) is 4.01. The minimum absolute atomic E-state index is 0.121. The Kier molecular flexibility index (Phi) is 3.84. The lowest BCUT2D eigenvalue weighted by Gasteiger charge is -2.08. The Morgan fingerprint density at radius 1 is 1.61 bits per heavy atom. The Labute approximate surface area is 109 Å². The van der Waals surface area contributed by atoms with Crippen LogP contribution in [0.2, 0.25) is 5.02 Å². The molecule has 0 radical (unpaired) electrons. The van der Waals surface area contributed by atoms with Gasteiger partial charge in [-0.15, -0.1) is 6.58 Å². The third kappa shape index (κ3) is 2.62. The summed E-state index contributed by atoms with van der Waals surface area (Å²) >= 11 is 5.98. The Balaban J connectivity index is 2.16. The van der Waals surface area contributed by atoms with Crippen LogP contribution in [0.5, 0.6) is 0 Å². The van der Waals surface area contributed by atoms with Crippen molar-refractivity contribution < 1.29 is 4.42 Å². The van der Waals surface area contributed by atoms with Crippen molar-refractivity contribution in [1.82, 2.24) is 9.78 Å². The van der Waals surface area contributed by atoms with Crippen molar-refractivity contribution in [3.8, 4) is 0 Å². The second kappa shape index (κ2) is 5.55. The van der Waals surface area contributed by atoms with Crippen molar-refractivity contribution in [3.05, 3.63) is 58.4 Å². The van der Waals surface area contributed by atoms with Gasteiger partial charge in [-0.05, 0) is 6.07 Å². The van der Waals surface area contributed by atoms with Crippen LogP contribution >= 0.6 is 11.6 Å². The van der Waals surface area contributed by atoms with Gasteiger partial charge >= 0.3 is 0 Å². The highest BCUT2D eigenvalue weighted by molar-refractivity contribution is 6.32. The van der Waals surface area contributed by atoms with E-state index in [4.69, 9.17) is 16.0 Å². The van der Waals surface area contributed by atoms with E-state index in [0.29, 0.717) is 18.8 Å². The van der Waals surface area contributed by atoms with Crippen LogP contribution in [0.4, 0.5) is 5.69 Å². The Morgan fingerprint density at radius 2 is 2.44 bits per heavy atom. The van der Waals surface area contributed by atoms with Crippen LogP contribution in [0.15, 0.2) is 46.7 Å². The number of nitrogens with one attached hydrogen (secondary N) is 1. The molecule has 0 amide bonds. The van der Waals surface area contributed by atoms with Crippen molar-refractivity contribution in [2.45, 2.75) is 13.1 Å². The third-order valence-corrected chi connectivity index (χ3v) is 2.72. The Morgan fingerprint density at radius 3 is 3.11 bits per heavy atom. The summed E-state index contributed by atoms with van der Waals surface area (Å²) < 4.78 is 6.19. The van der Waals surface area contributed by atoms with Crippen LogP contribution in [0.3, 0.4) is 0 Å². The van der Waals surface area contributed by atoms with Crippen LogP contribution in [-0.2, 0) is 13.1 Å². The smallest absolute Gasteiger partial charge is 0.287 e. The zero-order valence-corrected chi connectivity index (χ0v) is 10.4. The van der Waals surface area contributed by atoms with E-state index in [2.05, 4.69) is 17.0 Å². The molecule has 2 rings (SSSR count). The highest BCUT2D eigenvalue weighted by atomic mass is 35.5. The van der Waals surface area contributed by atoms with Crippen LogP contribution < -0.4 is 10.9 Å². The number of rotatable bonds is 5. The molecule has 0 saturated carbocycles. The second-order valence-electron chi connectivity index (χ2n) is 3.63. The fourth-order valence-corrected chi connectivity index (χ4v) is 1.64. The summed E-state index contributed by atoms with van der Waals surface area (Å²) in [5, 5.41) is 7.14. The maximum absolute atomic E-state index is 11.8. The molecule has 0 aliphatic carbocycles. The van der Waals surface area contributed by atoms with Gasteiger partial charge in [0.2, 0.25) is 0 Å². The molecular weight excluding hydrogens is 254 g/mol. The van der Waals surface area contributed by atoms with Gasteiger partial charge in [0.15, 0.2) is 0 Å². The van der Waals surface area contributed by atoms with Gasteiger partial charge in [0, 0.05) is 12.1 Å².